The van der Waals surface area contributed by atoms with Crippen molar-refractivity contribution in [2.24, 2.45) is 5.92 Å². The molecular formula is C33H38N6O4S. The fraction of sp³-hybridized carbons (Fsp3) is 0.455. The van der Waals surface area contributed by atoms with Gasteiger partial charge in [0.15, 0.2) is 0 Å². The molecule has 1 N–H and O–H groups in total. The van der Waals surface area contributed by atoms with Gasteiger partial charge in [0.25, 0.3) is 0 Å². The third-order valence-corrected chi connectivity index (χ3v) is 11.5. The van der Waals surface area contributed by atoms with E-state index in [4.69, 9.17) is 0 Å². The third kappa shape index (κ3) is 5.26. The number of piperidine rings is 1. The van der Waals surface area contributed by atoms with E-state index in [9.17, 15) is 18.3 Å². The van der Waals surface area contributed by atoms with Crippen LogP contribution in [-0.4, -0.2) is 62.9 Å². The molecule has 0 spiro atoms. The zero-order valence-electron chi connectivity index (χ0n) is 25.2. The molecule has 11 heteroatoms. The highest BCUT2D eigenvalue weighted by Crippen LogP contribution is 2.38. The quantitative estimate of drug-likeness (QED) is 0.294. The van der Waals surface area contributed by atoms with Crippen molar-refractivity contribution in [2.45, 2.75) is 82.3 Å². The first-order valence-corrected chi connectivity index (χ1v) is 17.0. The highest BCUT2D eigenvalue weighted by Gasteiger charge is 2.39. The van der Waals surface area contributed by atoms with E-state index in [-0.39, 0.29) is 23.9 Å². The minimum Gasteiger partial charge on any atom is -0.481 e. The van der Waals surface area contributed by atoms with E-state index >= 15 is 0 Å². The molecule has 230 valence electrons. The summed E-state index contributed by atoms with van der Waals surface area (Å²) in [5, 5.41) is 18.9. The van der Waals surface area contributed by atoms with Crippen molar-refractivity contribution in [2.75, 3.05) is 18.0 Å². The molecule has 1 aliphatic carbocycles. The maximum atomic E-state index is 14.1. The van der Waals surface area contributed by atoms with Crippen LogP contribution in [0.1, 0.15) is 72.3 Å². The molecule has 0 radical (unpaired) electrons. The summed E-state index contributed by atoms with van der Waals surface area (Å²) in [6, 6.07) is 13.4. The smallest absolute Gasteiger partial charge is 0.304 e. The van der Waals surface area contributed by atoms with Crippen molar-refractivity contribution < 1.29 is 18.3 Å². The number of aliphatic carboxylic acids is 1. The molecule has 7 rings (SSSR count). The number of carboxylic acids is 1. The minimum absolute atomic E-state index is 0.0561. The molecule has 1 unspecified atom stereocenters. The lowest BCUT2D eigenvalue weighted by atomic mass is 9.84. The number of aromatic nitrogens is 4. The number of aryl methyl sites for hydroxylation is 2. The van der Waals surface area contributed by atoms with Crippen LogP contribution in [0.3, 0.4) is 0 Å². The Hall–Kier alpha value is -3.83. The molecule has 2 aromatic carbocycles. The lowest BCUT2D eigenvalue weighted by Crippen LogP contribution is -2.45. The van der Waals surface area contributed by atoms with Gasteiger partial charge in [-0.05, 0) is 97.9 Å². The van der Waals surface area contributed by atoms with Crippen molar-refractivity contribution in [3.05, 3.63) is 76.5 Å². The van der Waals surface area contributed by atoms with Gasteiger partial charge in [-0.1, -0.05) is 29.5 Å². The van der Waals surface area contributed by atoms with Gasteiger partial charge in [-0.25, -0.2) is 18.1 Å². The van der Waals surface area contributed by atoms with Crippen LogP contribution in [-0.2, 0) is 27.9 Å². The Balaban J connectivity index is 1.25. The van der Waals surface area contributed by atoms with Gasteiger partial charge in [-0.3, -0.25) is 4.79 Å². The number of fused-ring (bicyclic) bond motifs is 4. The molecule has 10 nitrogen and oxygen atoms in total. The Labute approximate surface area is 257 Å². The molecule has 44 heavy (non-hydrogen) atoms. The predicted octanol–water partition coefficient (Wildman–Crippen LogP) is 5.02. The molecule has 2 aliphatic heterocycles. The summed E-state index contributed by atoms with van der Waals surface area (Å²) in [4.78, 5) is 19.1. The van der Waals surface area contributed by atoms with E-state index in [0.29, 0.717) is 18.3 Å². The zero-order valence-corrected chi connectivity index (χ0v) is 26.0. The van der Waals surface area contributed by atoms with Crippen LogP contribution in [0.5, 0.6) is 0 Å². The molecular weight excluding hydrogens is 576 g/mol. The molecule has 4 heterocycles. The van der Waals surface area contributed by atoms with E-state index < -0.39 is 21.9 Å². The molecule has 3 aliphatic rings. The number of sulfonamides is 1. The van der Waals surface area contributed by atoms with E-state index in [0.717, 1.165) is 71.2 Å². The molecule has 2 atom stereocenters. The number of carbonyl (C=O) groups is 1. The second kappa shape index (κ2) is 11.3. The number of anilines is 1. The second-order valence-electron chi connectivity index (χ2n) is 12.7. The third-order valence-electron chi connectivity index (χ3n) is 9.67. The first-order valence-electron chi connectivity index (χ1n) is 15.6. The van der Waals surface area contributed by atoms with Gasteiger partial charge in [0.2, 0.25) is 10.0 Å². The fourth-order valence-corrected chi connectivity index (χ4v) is 8.59. The number of pyridine rings is 1. The van der Waals surface area contributed by atoms with Crippen LogP contribution in [0.25, 0.3) is 11.0 Å². The van der Waals surface area contributed by atoms with Gasteiger partial charge in [0.1, 0.15) is 16.2 Å². The highest BCUT2D eigenvalue weighted by molar-refractivity contribution is 7.89. The Morgan fingerprint density at radius 3 is 2.73 bits per heavy atom. The van der Waals surface area contributed by atoms with Gasteiger partial charge in [-0.15, -0.1) is 5.10 Å². The van der Waals surface area contributed by atoms with Crippen molar-refractivity contribution in [3.8, 4) is 0 Å². The molecule has 0 amide bonds. The average molecular weight is 615 g/mol. The Morgan fingerprint density at radius 1 is 1.09 bits per heavy atom. The van der Waals surface area contributed by atoms with Crippen LogP contribution >= 0.6 is 0 Å². The van der Waals surface area contributed by atoms with Crippen molar-refractivity contribution >= 4 is 32.8 Å². The van der Waals surface area contributed by atoms with E-state index in [2.05, 4.69) is 20.2 Å². The molecule has 1 saturated carbocycles. The van der Waals surface area contributed by atoms with E-state index in [1.54, 1.807) is 22.6 Å². The summed E-state index contributed by atoms with van der Waals surface area (Å²) in [5.41, 5.74) is 6.26. The average Bonchev–Trinajstić information content (AvgIpc) is 3.75. The van der Waals surface area contributed by atoms with Gasteiger partial charge < -0.3 is 10.0 Å². The van der Waals surface area contributed by atoms with Gasteiger partial charge in [-0.2, -0.15) is 4.31 Å². The van der Waals surface area contributed by atoms with E-state index in [1.807, 2.05) is 48.9 Å². The van der Waals surface area contributed by atoms with Crippen molar-refractivity contribution in [1.29, 1.82) is 0 Å². The van der Waals surface area contributed by atoms with Crippen LogP contribution < -0.4 is 4.90 Å². The monoisotopic (exact) mass is 614 g/mol. The number of rotatable bonds is 8. The maximum Gasteiger partial charge on any atom is 0.304 e. The Bertz CT molecular complexity index is 1850. The molecule has 0 bridgehead atoms. The first-order chi connectivity index (χ1) is 21.2. The van der Waals surface area contributed by atoms with Crippen LogP contribution in [0, 0.1) is 19.8 Å². The Morgan fingerprint density at radius 2 is 1.93 bits per heavy atom. The SMILES string of the molecule is Cc1ccc([C@@H](CC(=O)O)c2ccc3c(nnn3CC3CC3)c2C)cc1CN1CC2CCCCN2c2ncccc2S1(=O)=O. The highest BCUT2D eigenvalue weighted by atomic mass is 32.2. The number of hydrogen-bond donors (Lipinski definition) is 1. The fourth-order valence-electron chi connectivity index (χ4n) is 6.98. The molecule has 2 aromatic heterocycles. The topological polar surface area (TPSA) is 122 Å². The van der Waals surface area contributed by atoms with Gasteiger partial charge >= 0.3 is 5.97 Å². The predicted molar refractivity (Wildman–Crippen MR) is 167 cm³/mol. The first kappa shape index (κ1) is 28.9. The Kier molecular flexibility index (Phi) is 7.40. The lowest BCUT2D eigenvalue weighted by molar-refractivity contribution is -0.137. The lowest BCUT2D eigenvalue weighted by Gasteiger charge is -2.36. The standard InChI is InChI=1S/C33H38N6O4S/c1-21-8-11-24(28(17-31(40)41)27-12-13-29-32(22(27)2)35-36-39(29)18-23-9-10-23)16-25(21)19-37-20-26-6-3-4-15-38(26)33-30(44(37,42)43)7-5-14-34-33/h5,7-8,11-14,16,23,26,28H,3-4,6,9-10,15,17-20H2,1-2H3,(H,40,41)/t26?,28-/m1/s1. The minimum atomic E-state index is -3.81. The van der Waals surface area contributed by atoms with Gasteiger partial charge in [0, 0.05) is 44.3 Å². The zero-order chi connectivity index (χ0) is 30.6. The number of benzene rings is 2. The van der Waals surface area contributed by atoms with Crippen LogP contribution in [0.2, 0.25) is 0 Å². The molecule has 2 fully saturated rings. The largest absolute Gasteiger partial charge is 0.481 e. The number of nitrogens with zero attached hydrogens (tertiary/aromatic N) is 6. The summed E-state index contributed by atoms with van der Waals surface area (Å²) in [6.07, 6.45) is 6.99. The molecule has 1 saturated heterocycles. The summed E-state index contributed by atoms with van der Waals surface area (Å²) >= 11 is 0. The molecule has 4 aromatic rings. The van der Waals surface area contributed by atoms with Crippen LogP contribution in [0.4, 0.5) is 5.82 Å². The summed E-state index contributed by atoms with van der Waals surface area (Å²) in [6.45, 7) is 6.20. The maximum absolute atomic E-state index is 14.1. The summed E-state index contributed by atoms with van der Waals surface area (Å²) in [5.74, 6) is -0.119. The van der Waals surface area contributed by atoms with Crippen LogP contribution in [0.15, 0.2) is 53.6 Å². The van der Waals surface area contributed by atoms with E-state index in [1.165, 1.54) is 12.8 Å². The number of hydrogen-bond acceptors (Lipinski definition) is 7. The van der Waals surface area contributed by atoms with Crippen molar-refractivity contribution in [3.63, 3.8) is 0 Å². The van der Waals surface area contributed by atoms with Crippen molar-refractivity contribution in [1.82, 2.24) is 24.3 Å². The summed E-state index contributed by atoms with van der Waals surface area (Å²) in [7, 11) is -3.81. The normalized spacial score (nSPS) is 20.6. The second-order valence-corrected chi connectivity index (χ2v) is 14.6. The number of carboxylic acid groups (broad SMARTS) is 1. The summed E-state index contributed by atoms with van der Waals surface area (Å²) < 4.78 is 31.7. The van der Waals surface area contributed by atoms with Gasteiger partial charge in [0.05, 0.1) is 11.9 Å².